The predicted molar refractivity (Wildman–Crippen MR) is 78.4 cm³/mol. The average Bonchev–Trinajstić information content (AvgIpc) is 2.43. The van der Waals surface area contributed by atoms with Crippen molar-refractivity contribution in [1.82, 2.24) is 4.98 Å². The molecule has 4 nitrogen and oxygen atoms in total. The molecule has 1 amide bonds. The fourth-order valence-electron chi connectivity index (χ4n) is 2.28. The summed E-state index contributed by atoms with van der Waals surface area (Å²) in [7, 11) is 0. The molecule has 0 atom stereocenters. The molecule has 1 aliphatic rings. The summed E-state index contributed by atoms with van der Waals surface area (Å²) in [5.74, 6) is 0.697. The van der Waals surface area contributed by atoms with Crippen LogP contribution in [0.1, 0.15) is 40.2 Å². The van der Waals surface area contributed by atoms with Gasteiger partial charge in [0.25, 0.3) is 0 Å². The maximum Gasteiger partial charge on any atom is 0.416 e. The molecule has 0 saturated carbocycles. The molecule has 0 saturated heterocycles. The van der Waals surface area contributed by atoms with Crippen molar-refractivity contribution < 1.29 is 9.53 Å². The lowest BCUT2D eigenvalue weighted by molar-refractivity contribution is 0.0551. The Morgan fingerprint density at radius 2 is 2.11 bits per heavy atom. The van der Waals surface area contributed by atoms with Crippen LogP contribution in [0.3, 0.4) is 0 Å². The lowest BCUT2D eigenvalue weighted by atomic mass is 10.00. The van der Waals surface area contributed by atoms with Crippen molar-refractivity contribution in [1.29, 1.82) is 0 Å². The van der Waals surface area contributed by atoms with E-state index in [1.54, 1.807) is 11.1 Å². The molecule has 19 heavy (non-hydrogen) atoms. The average molecular weight is 327 g/mol. The summed E-state index contributed by atoms with van der Waals surface area (Å²) in [4.78, 5) is 18.4. The molecular weight excluding hydrogens is 308 g/mol. The molecule has 0 radical (unpaired) electrons. The van der Waals surface area contributed by atoms with E-state index >= 15 is 0 Å². The highest BCUT2D eigenvalue weighted by Gasteiger charge is 2.43. The first-order valence-corrected chi connectivity index (χ1v) is 7.07. The number of hydrogen-bond donors (Lipinski definition) is 0. The Morgan fingerprint density at radius 1 is 1.47 bits per heavy atom. The minimum Gasteiger partial charge on any atom is -0.443 e. The lowest BCUT2D eigenvalue weighted by Gasteiger charge is -2.33. The van der Waals surface area contributed by atoms with Crippen LogP contribution >= 0.6 is 15.9 Å². The number of carbonyl (C=O) groups excluding carboxylic acids is 1. The van der Waals surface area contributed by atoms with E-state index in [0.29, 0.717) is 5.82 Å². The Hall–Kier alpha value is -1.10. The number of aromatic nitrogens is 1. The molecule has 2 rings (SSSR count). The zero-order valence-electron chi connectivity index (χ0n) is 12.0. The summed E-state index contributed by atoms with van der Waals surface area (Å²) in [6, 6.07) is 2.01. The summed E-state index contributed by atoms with van der Waals surface area (Å²) in [6.07, 6.45) is 2.14. The van der Waals surface area contributed by atoms with E-state index in [4.69, 9.17) is 4.74 Å². The smallest absolute Gasteiger partial charge is 0.416 e. The fraction of sp³-hybridized carbons (Fsp3) is 0.571. The van der Waals surface area contributed by atoms with Gasteiger partial charge in [0.2, 0.25) is 0 Å². The molecule has 0 spiro atoms. The number of carbonyl (C=O) groups is 1. The maximum absolute atomic E-state index is 12.4. The van der Waals surface area contributed by atoms with E-state index in [-0.39, 0.29) is 11.6 Å². The summed E-state index contributed by atoms with van der Waals surface area (Å²) in [5, 5.41) is 0. The molecule has 1 aromatic rings. The molecule has 2 heterocycles. The van der Waals surface area contributed by atoms with Crippen molar-refractivity contribution in [3.8, 4) is 0 Å². The molecule has 5 heteroatoms. The normalized spacial score (nSPS) is 17.3. The van der Waals surface area contributed by atoms with Crippen molar-refractivity contribution in [2.75, 3.05) is 4.90 Å². The van der Waals surface area contributed by atoms with Gasteiger partial charge >= 0.3 is 6.09 Å². The molecule has 0 fully saturated rings. The van der Waals surface area contributed by atoms with Crippen LogP contribution in [-0.4, -0.2) is 22.2 Å². The Morgan fingerprint density at radius 3 is 2.68 bits per heavy atom. The number of hydrogen-bond acceptors (Lipinski definition) is 3. The summed E-state index contributed by atoms with van der Waals surface area (Å²) >= 11 is 3.41. The first-order valence-electron chi connectivity index (χ1n) is 6.28. The zero-order chi connectivity index (χ0) is 14.4. The van der Waals surface area contributed by atoms with Gasteiger partial charge in [0.15, 0.2) is 0 Å². The van der Waals surface area contributed by atoms with Crippen molar-refractivity contribution in [3.05, 3.63) is 22.3 Å². The lowest BCUT2D eigenvalue weighted by Crippen LogP contribution is -2.48. The number of fused-ring (bicyclic) bond motifs is 1. The SMILES string of the molecule is CC(C)(C)OC(=O)N1c2ncc(Br)cc2CC1(C)C. The standard InChI is InChI=1S/C14H19BrN2O2/c1-13(2,3)19-12(18)17-11-9(7-14(17,4)5)6-10(15)8-16-11/h6,8H,7H2,1-5H3. The Kier molecular flexibility index (Phi) is 3.37. The zero-order valence-corrected chi connectivity index (χ0v) is 13.5. The first kappa shape index (κ1) is 14.3. The molecule has 0 N–H and O–H groups in total. The highest BCUT2D eigenvalue weighted by Crippen LogP contribution is 2.38. The van der Waals surface area contributed by atoms with Crippen molar-refractivity contribution in [3.63, 3.8) is 0 Å². The minimum atomic E-state index is -0.509. The molecule has 0 unspecified atom stereocenters. The van der Waals surface area contributed by atoms with E-state index in [1.165, 1.54) is 0 Å². The van der Waals surface area contributed by atoms with Gasteiger partial charge in [-0.2, -0.15) is 0 Å². The van der Waals surface area contributed by atoms with E-state index in [2.05, 4.69) is 20.9 Å². The summed E-state index contributed by atoms with van der Waals surface area (Å²) < 4.78 is 6.40. The van der Waals surface area contributed by atoms with Crippen molar-refractivity contribution >= 4 is 27.8 Å². The number of ether oxygens (including phenoxy) is 1. The van der Waals surface area contributed by atoms with Gasteiger partial charge < -0.3 is 4.74 Å². The predicted octanol–water partition coefficient (Wildman–Crippen LogP) is 3.92. The molecule has 0 bridgehead atoms. The van der Waals surface area contributed by atoms with Crippen LogP contribution in [-0.2, 0) is 11.2 Å². The number of pyridine rings is 1. The van der Waals surface area contributed by atoms with Crippen molar-refractivity contribution in [2.24, 2.45) is 0 Å². The minimum absolute atomic E-state index is 0.321. The number of halogens is 1. The molecule has 1 aromatic heterocycles. The maximum atomic E-state index is 12.4. The Labute approximate surface area is 122 Å². The number of amides is 1. The Bertz CT molecular complexity index is 521. The van der Waals surface area contributed by atoms with Crippen molar-refractivity contribution in [2.45, 2.75) is 52.2 Å². The van der Waals surface area contributed by atoms with Crippen LogP contribution in [0.25, 0.3) is 0 Å². The van der Waals surface area contributed by atoms with Crippen LogP contribution in [0.4, 0.5) is 10.6 Å². The highest BCUT2D eigenvalue weighted by molar-refractivity contribution is 9.10. The van der Waals surface area contributed by atoms with Gasteiger partial charge in [-0.1, -0.05) is 0 Å². The Balaban J connectivity index is 2.37. The van der Waals surface area contributed by atoms with Gasteiger partial charge in [-0.15, -0.1) is 0 Å². The van der Waals surface area contributed by atoms with Crippen LogP contribution in [0.2, 0.25) is 0 Å². The van der Waals surface area contributed by atoms with E-state index in [9.17, 15) is 4.79 Å². The van der Waals surface area contributed by atoms with E-state index in [0.717, 1.165) is 16.5 Å². The number of nitrogens with zero attached hydrogens (tertiary/aromatic N) is 2. The molecule has 0 aromatic carbocycles. The third-order valence-electron chi connectivity index (χ3n) is 2.93. The fourth-order valence-corrected chi connectivity index (χ4v) is 2.66. The monoisotopic (exact) mass is 326 g/mol. The van der Waals surface area contributed by atoms with E-state index in [1.807, 2.05) is 40.7 Å². The second-order valence-corrected chi connectivity index (χ2v) is 7.36. The van der Waals surface area contributed by atoms with Crippen LogP contribution in [0.5, 0.6) is 0 Å². The van der Waals surface area contributed by atoms with Crippen LogP contribution in [0, 0.1) is 0 Å². The van der Waals surface area contributed by atoms with Gasteiger partial charge in [0.1, 0.15) is 11.4 Å². The van der Waals surface area contributed by atoms with Gasteiger partial charge in [-0.05, 0) is 68.6 Å². The van der Waals surface area contributed by atoms with Gasteiger partial charge in [0, 0.05) is 10.7 Å². The van der Waals surface area contributed by atoms with Crippen LogP contribution < -0.4 is 4.90 Å². The molecule has 1 aliphatic heterocycles. The van der Waals surface area contributed by atoms with Crippen LogP contribution in [0.15, 0.2) is 16.7 Å². The number of anilines is 1. The topological polar surface area (TPSA) is 42.4 Å². The summed E-state index contributed by atoms with van der Waals surface area (Å²) in [6.45, 7) is 9.64. The van der Waals surface area contributed by atoms with Gasteiger partial charge in [0.05, 0.1) is 5.54 Å². The highest BCUT2D eigenvalue weighted by atomic mass is 79.9. The largest absolute Gasteiger partial charge is 0.443 e. The molecular formula is C14H19BrN2O2. The quantitative estimate of drug-likeness (QED) is 0.725. The molecule has 0 aliphatic carbocycles. The molecule has 104 valence electrons. The third-order valence-corrected chi connectivity index (χ3v) is 3.36. The summed E-state index contributed by atoms with van der Waals surface area (Å²) in [5.41, 5.74) is 0.231. The second-order valence-electron chi connectivity index (χ2n) is 6.44. The van der Waals surface area contributed by atoms with Gasteiger partial charge in [-0.25, -0.2) is 9.78 Å². The third kappa shape index (κ3) is 2.91. The first-order chi connectivity index (χ1) is 8.60. The second kappa shape index (κ2) is 4.47. The van der Waals surface area contributed by atoms with E-state index < -0.39 is 5.60 Å². The number of rotatable bonds is 0. The van der Waals surface area contributed by atoms with Gasteiger partial charge in [-0.3, -0.25) is 4.90 Å².